The van der Waals surface area contributed by atoms with Gasteiger partial charge in [0.05, 0.1) is 0 Å². The van der Waals surface area contributed by atoms with Crippen LogP contribution in [0.1, 0.15) is 19.8 Å². The van der Waals surface area contributed by atoms with Crippen molar-refractivity contribution in [3.8, 4) is 5.75 Å². The lowest BCUT2D eigenvalue weighted by Crippen LogP contribution is -2.46. The van der Waals surface area contributed by atoms with E-state index in [0.29, 0.717) is 5.69 Å². The monoisotopic (exact) mass is 353 g/mol. The molecule has 0 spiro atoms. The number of hydrogen-bond acceptors (Lipinski definition) is 4. The topological polar surface area (TPSA) is 87.7 Å². The normalized spacial score (nSPS) is 23.0. The van der Waals surface area contributed by atoms with Crippen LogP contribution in [-0.2, 0) is 9.59 Å². The van der Waals surface area contributed by atoms with E-state index in [9.17, 15) is 23.2 Å². The molecule has 0 aromatic heterocycles. The molecule has 0 bridgehead atoms. The lowest BCUT2D eigenvalue weighted by Gasteiger charge is -2.20. The fourth-order valence-electron chi connectivity index (χ4n) is 2.86. The lowest BCUT2D eigenvalue weighted by atomic mass is 9.96. The molecule has 1 atom stereocenters. The molecule has 2 N–H and O–H groups in total. The minimum absolute atomic E-state index is 0.0395. The number of imide groups is 1. The summed E-state index contributed by atoms with van der Waals surface area (Å²) in [7, 11) is 0. The molecule has 134 valence electrons. The molecule has 1 aliphatic carbocycles. The predicted molar refractivity (Wildman–Crippen MR) is 83.1 cm³/mol. The fourth-order valence-corrected chi connectivity index (χ4v) is 2.86. The third-order valence-corrected chi connectivity index (χ3v) is 4.36. The van der Waals surface area contributed by atoms with Gasteiger partial charge >= 0.3 is 12.6 Å². The summed E-state index contributed by atoms with van der Waals surface area (Å²) in [6.07, 6.45) is 1.74. The van der Waals surface area contributed by atoms with Gasteiger partial charge in [0.15, 0.2) is 0 Å². The molecule has 7 nitrogen and oxygen atoms in total. The second-order valence-corrected chi connectivity index (χ2v) is 6.25. The van der Waals surface area contributed by atoms with Gasteiger partial charge in [-0.3, -0.25) is 14.5 Å². The van der Waals surface area contributed by atoms with Crippen LogP contribution in [0.2, 0.25) is 0 Å². The molecule has 1 saturated heterocycles. The Balaban J connectivity index is 1.59. The zero-order chi connectivity index (χ0) is 18.2. The summed E-state index contributed by atoms with van der Waals surface area (Å²) in [6.45, 7) is -1.67. The Kier molecular flexibility index (Phi) is 4.32. The zero-order valence-electron chi connectivity index (χ0n) is 13.4. The van der Waals surface area contributed by atoms with Crippen LogP contribution in [0.25, 0.3) is 0 Å². The number of benzene rings is 1. The van der Waals surface area contributed by atoms with Crippen LogP contribution >= 0.6 is 0 Å². The molecule has 2 aliphatic rings. The first-order valence-corrected chi connectivity index (χ1v) is 7.78. The molecule has 1 heterocycles. The van der Waals surface area contributed by atoms with Gasteiger partial charge in [0.2, 0.25) is 5.91 Å². The Bertz CT molecular complexity index is 706. The number of anilines is 1. The van der Waals surface area contributed by atoms with Gasteiger partial charge < -0.3 is 15.4 Å². The van der Waals surface area contributed by atoms with Crippen molar-refractivity contribution in [2.24, 2.45) is 5.92 Å². The molecule has 1 aromatic carbocycles. The number of urea groups is 1. The third kappa shape index (κ3) is 3.54. The lowest BCUT2D eigenvalue weighted by molar-refractivity contribution is -0.134. The molecule has 1 saturated carbocycles. The molecule has 25 heavy (non-hydrogen) atoms. The summed E-state index contributed by atoms with van der Waals surface area (Å²) < 4.78 is 28.4. The average molecular weight is 353 g/mol. The summed E-state index contributed by atoms with van der Waals surface area (Å²) >= 11 is 0. The number of carbonyl (C=O) groups is 3. The van der Waals surface area contributed by atoms with E-state index in [1.54, 1.807) is 6.92 Å². The van der Waals surface area contributed by atoms with Gasteiger partial charge in [0, 0.05) is 5.69 Å². The number of halogens is 2. The number of carbonyl (C=O) groups excluding carboxylic acids is 3. The highest BCUT2D eigenvalue weighted by Gasteiger charge is 2.56. The molecule has 0 radical (unpaired) electrons. The van der Waals surface area contributed by atoms with E-state index in [1.165, 1.54) is 24.3 Å². The summed E-state index contributed by atoms with van der Waals surface area (Å²) in [5.74, 6) is -0.899. The summed E-state index contributed by atoms with van der Waals surface area (Å²) in [5, 5.41) is 5.16. The highest BCUT2D eigenvalue weighted by Crippen LogP contribution is 2.42. The summed E-state index contributed by atoms with van der Waals surface area (Å²) in [6, 6.07) is 4.74. The van der Waals surface area contributed by atoms with Crippen LogP contribution in [0.5, 0.6) is 5.75 Å². The van der Waals surface area contributed by atoms with Crippen molar-refractivity contribution in [1.82, 2.24) is 10.2 Å². The number of hydrogen-bond donors (Lipinski definition) is 2. The van der Waals surface area contributed by atoms with Crippen LogP contribution in [0.4, 0.5) is 19.3 Å². The van der Waals surface area contributed by atoms with E-state index in [1.807, 2.05) is 0 Å². The van der Waals surface area contributed by atoms with Gasteiger partial charge in [-0.1, -0.05) is 0 Å². The van der Waals surface area contributed by atoms with E-state index < -0.39 is 36.5 Å². The van der Waals surface area contributed by atoms with Crippen molar-refractivity contribution < 1.29 is 27.9 Å². The summed E-state index contributed by atoms with van der Waals surface area (Å²) in [5.41, 5.74) is -0.602. The van der Waals surface area contributed by atoms with Gasteiger partial charge in [0.1, 0.15) is 17.8 Å². The molecule has 2 fully saturated rings. The standard InChI is InChI=1S/C16H17F2N3O4/c1-16(9-2-3-9)13(23)21(15(24)20-16)8-12(22)19-10-4-6-11(7-5-10)25-14(17)18/h4-7,9,14H,2-3,8H2,1H3,(H,19,22)(H,20,24)/t16-/m0/s1. The van der Waals surface area contributed by atoms with E-state index >= 15 is 0 Å². The molecular weight excluding hydrogens is 336 g/mol. The van der Waals surface area contributed by atoms with Crippen molar-refractivity contribution in [3.63, 3.8) is 0 Å². The van der Waals surface area contributed by atoms with Gasteiger partial charge in [-0.15, -0.1) is 0 Å². The first-order chi connectivity index (χ1) is 11.8. The van der Waals surface area contributed by atoms with E-state index in [0.717, 1.165) is 17.7 Å². The number of amides is 4. The van der Waals surface area contributed by atoms with Crippen molar-refractivity contribution in [2.75, 3.05) is 11.9 Å². The number of ether oxygens (including phenoxy) is 1. The molecular formula is C16H17F2N3O4. The molecule has 9 heteroatoms. The quantitative estimate of drug-likeness (QED) is 0.765. The minimum atomic E-state index is -2.93. The van der Waals surface area contributed by atoms with Gasteiger partial charge in [-0.05, 0) is 49.9 Å². The fraction of sp³-hybridized carbons (Fsp3) is 0.438. The third-order valence-electron chi connectivity index (χ3n) is 4.36. The van der Waals surface area contributed by atoms with Crippen LogP contribution in [0, 0.1) is 5.92 Å². The first kappa shape index (κ1) is 17.1. The van der Waals surface area contributed by atoms with Crippen LogP contribution in [0.3, 0.4) is 0 Å². The number of nitrogens with one attached hydrogen (secondary N) is 2. The summed E-state index contributed by atoms with van der Waals surface area (Å²) in [4.78, 5) is 37.4. The van der Waals surface area contributed by atoms with E-state index in [4.69, 9.17) is 0 Å². The second kappa shape index (κ2) is 6.30. The van der Waals surface area contributed by atoms with Crippen molar-refractivity contribution in [3.05, 3.63) is 24.3 Å². The highest BCUT2D eigenvalue weighted by molar-refractivity contribution is 6.10. The largest absolute Gasteiger partial charge is 0.435 e. The number of nitrogens with zero attached hydrogens (tertiary/aromatic N) is 1. The Morgan fingerprint density at radius 2 is 2.00 bits per heavy atom. The Hall–Kier alpha value is -2.71. The molecule has 0 unspecified atom stereocenters. The molecule has 3 rings (SSSR count). The molecule has 4 amide bonds. The van der Waals surface area contributed by atoms with Crippen molar-refractivity contribution >= 4 is 23.5 Å². The first-order valence-electron chi connectivity index (χ1n) is 7.78. The second-order valence-electron chi connectivity index (χ2n) is 6.25. The molecule has 1 aliphatic heterocycles. The SMILES string of the molecule is C[C@@]1(C2CC2)NC(=O)N(CC(=O)Nc2ccc(OC(F)F)cc2)C1=O. The van der Waals surface area contributed by atoms with Crippen molar-refractivity contribution in [1.29, 1.82) is 0 Å². The smallest absolute Gasteiger partial charge is 0.387 e. The molecule has 1 aromatic rings. The van der Waals surface area contributed by atoms with Crippen molar-refractivity contribution in [2.45, 2.75) is 31.9 Å². The van der Waals surface area contributed by atoms with Crippen LogP contribution < -0.4 is 15.4 Å². The Labute approximate surface area is 142 Å². The maximum absolute atomic E-state index is 12.4. The van der Waals surface area contributed by atoms with Gasteiger partial charge in [-0.2, -0.15) is 8.78 Å². The van der Waals surface area contributed by atoms with E-state index in [2.05, 4.69) is 15.4 Å². The predicted octanol–water partition coefficient (Wildman–Crippen LogP) is 1.95. The van der Waals surface area contributed by atoms with Gasteiger partial charge in [-0.25, -0.2) is 4.79 Å². The van der Waals surface area contributed by atoms with E-state index in [-0.39, 0.29) is 11.7 Å². The number of alkyl halides is 2. The maximum atomic E-state index is 12.4. The highest BCUT2D eigenvalue weighted by atomic mass is 19.3. The Morgan fingerprint density at radius 3 is 2.56 bits per heavy atom. The minimum Gasteiger partial charge on any atom is -0.435 e. The Morgan fingerprint density at radius 1 is 1.36 bits per heavy atom. The van der Waals surface area contributed by atoms with Crippen LogP contribution in [-0.4, -0.2) is 41.4 Å². The zero-order valence-corrected chi connectivity index (χ0v) is 13.4. The average Bonchev–Trinajstić information content (AvgIpc) is 3.35. The maximum Gasteiger partial charge on any atom is 0.387 e. The van der Waals surface area contributed by atoms with Gasteiger partial charge in [0.25, 0.3) is 5.91 Å². The van der Waals surface area contributed by atoms with Crippen LogP contribution in [0.15, 0.2) is 24.3 Å². The number of rotatable bonds is 6.